The Kier molecular flexibility index (Phi) is 6.27. The van der Waals surface area contributed by atoms with Crippen molar-refractivity contribution in [2.75, 3.05) is 12.4 Å². The first-order valence-electron chi connectivity index (χ1n) is 10.9. The highest BCUT2D eigenvalue weighted by Crippen LogP contribution is 2.37. The molecule has 10 heteroatoms. The first-order valence-corrected chi connectivity index (χ1v) is 10.9. The van der Waals surface area contributed by atoms with Crippen molar-refractivity contribution >= 4 is 22.5 Å². The Bertz CT molecular complexity index is 1130. The average molecular weight is 461 g/mol. The number of rotatable bonds is 5. The molecule has 1 aliphatic carbocycles. The van der Waals surface area contributed by atoms with Crippen molar-refractivity contribution in [1.82, 2.24) is 19.7 Å². The van der Waals surface area contributed by atoms with E-state index in [0.717, 1.165) is 42.1 Å². The number of halogens is 3. The Labute approximate surface area is 189 Å². The molecule has 0 unspecified atom stereocenters. The summed E-state index contributed by atoms with van der Waals surface area (Å²) in [6.07, 6.45) is 3.50. The molecular weight excluding hydrogens is 435 g/mol. The minimum absolute atomic E-state index is 0.0947. The predicted molar refractivity (Wildman–Crippen MR) is 117 cm³/mol. The number of anilines is 1. The van der Waals surface area contributed by atoms with E-state index in [1.165, 1.54) is 20.0 Å². The van der Waals surface area contributed by atoms with E-state index in [-0.39, 0.29) is 5.56 Å². The topological polar surface area (TPSA) is 81.9 Å². The Hall–Kier alpha value is -3.17. The van der Waals surface area contributed by atoms with Crippen LogP contribution in [0.4, 0.5) is 18.9 Å². The van der Waals surface area contributed by atoms with E-state index in [4.69, 9.17) is 9.84 Å². The fraction of sp³-hybridized carbons (Fsp3) is 0.478. The van der Waals surface area contributed by atoms with Crippen molar-refractivity contribution in [2.45, 2.75) is 51.7 Å². The summed E-state index contributed by atoms with van der Waals surface area (Å²) in [6, 6.07) is 3.82. The first kappa shape index (κ1) is 23.0. The van der Waals surface area contributed by atoms with Crippen LogP contribution in [0.3, 0.4) is 0 Å². The molecule has 1 fully saturated rings. The van der Waals surface area contributed by atoms with Crippen LogP contribution in [-0.4, -0.2) is 32.8 Å². The lowest BCUT2D eigenvalue weighted by Gasteiger charge is -2.30. The van der Waals surface area contributed by atoms with E-state index in [2.05, 4.69) is 29.1 Å². The third-order valence-electron chi connectivity index (χ3n) is 6.32. The Morgan fingerprint density at radius 2 is 1.82 bits per heavy atom. The second kappa shape index (κ2) is 8.99. The SMILES string of the molecule is COc1cc2nn([C@H]3CC[C@H](C(C)C)CC3)cc2cc1NC(=O)c1cnc(C(F)(F)F)nc1. The number of alkyl halides is 3. The number of hydrogen-bond acceptors (Lipinski definition) is 5. The lowest BCUT2D eigenvalue weighted by molar-refractivity contribution is -0.145. The van der Waals surface area contributed by atoms with Crippen LogP contribution in [0.2, 0.25) is 0 Å². The fourth-order valence-corrected chi connectivity index (χ4v) is 4.34. The highest BCUT2D eigenvalue weighted by Gasteiger charge is 2.34. The number of hydrogen-bond donors (Lipinski definition) is 1. The number of amides is 1. The molecule has 33 heavy (non-hydrogen) atoms. The standard InChI is InChI=1S/C23H26F3N5O2/c1-13(2)14-4-6-17(7-5-14)31-12-15-8-19(20(33-3)9-18(15)30-31)29-21(32)16-10-27-22(28-11-16)23(24,25)26/h8-14,17H,4-7H2,1-3H3,(H,29,32)/t14-,17-. The second-order valence-electron chi connectivity index (χ2n) is 8.78. The maximum atomic E-state index is 12.7. The third kappa shape index (κ3) is 4.94. The molecule has 0 spiro atoms. The molecule has 4 rings (SSSR count). The highest BCUT2D eigenvalue weighted by atomic mass is 19.4. The molecule has 1 saturated carbocycles. The molecule has 0 saturated heterocycles. The van der Waals surface area contributed by atoms with Crippen molar-refractivity contribution in [1.29, 1.82) is 0 Å². The summed E-state index contributed by atoms with van der Waals surface area (Å²) in [5.41, 5.74) is 1.04. The molecule has 7 nitrogen and oxygen atoms in total. The van der Waals surface area contributed by atoms with Crippen LogP contribution in [0.1, 0.15) is 61.8 Å². The van der Waals surface area contributed by atoms with Gasteiger partial charge in [0.1, 0.15) is 5.75 Å². The zero-order chi connectivity index (χ0) is 23.8. The van der Waals surface area contributed by atoms with Gasteiger partial charge in [-0.25, -0.2) is 9.97 Å². The van der Waals surface area contributed by atoms with Gasteiger partial charge in [0.05, 0.1) is 29.9 Å². The Morgan fingerprint density at radius 1 is 1.15 bits per heavy atom. The van der Waals surface area contributed by atoms with Gasteiger partial charge >= 0.3 is 6.18 Å². The molecule has 0 radical (unpaired) electrons. The van der Waals surface area contributed by atoms with E-state index in [1.54, 1.807) is 12.1 Å². The van der Waals surface area contributed by atoms with Gasteiger partial charge in [-0.3, -0.25) is 9.48 Å². The van der Waals surface area contributed by atoms with Gasteiger partial charge in [-0.15, -0.1) is 0 Å². The van der Waals surface area contributed by atoms with E-state index in [9.17, 15) is 18.0 Å². The van der Waals surface area contributed by atoms with Crippen LogP contribution in [0.5, 0.6) is 5.75 Å². The number of nitrogens with zero attached hydrogens (tertiary/aromatic N) is 4. The maximum Gasteiger partial charge on any atom is 0.451 e. The van der Waals surface area contributed by atoms with Gasteiger partial charge < -0.3 is 10.1 Å². The molecule has 1 aromatic carbocycles. The number of benzene rings is 1. The maximum absolute atomic E-state index is 12.7. The highest BCUT2D eigenvalue weighted by molar-refractivity contribution is 6.05. The van der Waals surface area contributed by atoms with Gasteiger partial charge in [0, 0.05) is 30.0 Å². The molecule has 0 atom stereocenters. The molecule has 2 aromatic heterocycles. The van der Waals surface area contributed by atoms with Crippen LogP contribution in [0.15, 0.2) is 30.7 Å². The van der Waals surface area contributed by atoms with Crippen molar-refractivity contribution in [3.63, 3.8) is 0 Å². The number of ether oxygens (including phenoxy) is 1. The first-order chi connectivity index (χ1) is 15.7. The van der Waals surface area contributed by atoms with Crippen LogP contribution in [0.25, 0.3) is 10.9 Å². The number of aromatic nitrogens is 4. The van der Waals surface area contributed by atoms with Crippen LogP contribution < -0.4 is 10.1 Å². The van der Waals surface area contributed by atoms with Gasteiger partial charge in [0.25, 0.3) is 5.91 Å². The van der Waals surface area contributed by atoms with Gasteiger partial charge in [-0.1, -0.05) is 13.8 Å². The summed E-state index contributed by atoms with van der Waals surface area (Å²) >= 11 is 0. The molecule has 3 aromatic rings. The van der Waals surface area contributed by atoms with Crippen molar-refractivity contribution in [2.24, 2.45) is 11.8 Å². The number of fused-ring (bicyclic) bond motifs is 1. The summed E-state index contributed by atoms with van der Waals surface area (Å²) in [6.45, 7) is 4.54. The lowest BCUT2D eigenvalue weighted by atomic mass is 9.80. The average Bonchev–Trinajstić information content (AvgIpc) is 3.21. The molecular formula is C23H26F3N5O2. The van der Waals surface area contributed by atoms with Crippen LogP contribution in [-0.2, 0) is 6.18 Å². The summed E-state index contributed by atoms with van der Waals surface area (Å²) in [5.74, 6) is -0.0958. The van der Waals surface area contributed by atoms with Gasteiger partial charge in [-0.05, 0) is 43.6 Å². The van der Waals surface area contributed by atoms with E-state index in [0.29, 0.717) is 23.4 Å². The number of nitrogens with one attached hydrogen (secondary N) is 1. The Balaban J connectivity index is 1.54. The summed E-state index contributed by atoms with van der Waals surface area (Å²) in [4.78, 5) is 19.0. The second-order valence-corrected chi connectivity index (χ2v) is 8.78. The summed E-state index contributed by atoms with van der Waals surface area (Å²) < 4.78 is 45.4. The van der Waals surface area contributed by atoms with E-state index < -0.39 is 17.9 Å². The molecule has 1 amide bonds. The van der Waals surface area contributed by atoms with Crippen LogP contribution in [0, 0.1) is 11.8 Å². The van der Waals surface area contributed by atoms with Crippen molar-refractivity contribution in [3.05, 3.63) is 42.1 Å². The Morgan fingerprint density at radius 3 is 2.39 bits per heavy atom. The normalized spacial score (nSPS) is 19.1. The molecule has 1 aliphatic rings. The van der Waals surface area contributed by atoms with E-state index >= 15 is 0 Å². The smallest absolute Gasteiger partial charge is 0.451 e. The molecule has 1 N–H and O–H groups in total. The molecule has 2 heterocycles. The monoisotopic (exact) mass is 461 g/mol. The largest absolute Gasteiger partial charge is 0.494 e. The fourth-order valence-electron chi connectivity index (χ4n) is 4.34. The molecule has 0 bridgehead atoms. The zero-order valence-corrected chi connectivity index (χ0v) is 18.7. The third-order valence-corrected chi connectivity index (χ3v) is 6.32. The summed E-state index contributed by atoms with van der Waals surface area (Å²) in [7, 11) is 1.47. The molecule has 176 valence electrons. The number of carbonyl (C=O) groups is 1. The minimum atomic E-state index is -4.67. The van der Waals surface area contributed by atoms with Gasteiger partial charge in [-0.2, -0.15) is 18.3 Å². The quantitative estimate of drug-likeness (QED) is 0.543. The van der Waals surface area contributed by atoms with Crippen molar-refractivity contribution < 1.29 is 22.7 Å². The van der Waals surface area contributed by atoms with Crippen molar-refractivity contribution in [3.8, 4) is 5.75 Å². The van der Waals surface area contributed by atoms with E-state index in [1.807, 2.05) is 10.9 Å². The minimum Gasteiger partial charge on any atom is -0.494 e. The lowest BCUT2D eigenvalue weighted by Crippen LogP contribution is -2.21. The van der Waals surface area contributed by atoms with Gasteiger partial charge in [0.2, 0.25) is 5.82 Å². The number of carbonyl (C=O) groups excluding carboxylic acids is 1. The van der Waals surface area contributed by atoms with Gasteiger partial charge in [0.15, 0.2) is 0 Å². The zero-order valence-electron chi connectivity index (χ0n) is 18.7. The number of methoxy groups -OCH3 is 1. The molecule has 0 aliphatic heterocycles. The predicted octanol–water partition coefficient (Wildman–Crippen LogP) is 5.49. The summed E-state index contributed by atoms with van der Waals surface area (Å²) in [5, 5.41) is 8.23. The van der Waals surface area contributed by atoms with Crippen LogP contribution >= 0.6 is 0 Å².